The Morgan fingerprint density at radius 3 is 2.52 bits per heavy atom. The fourth-order valence-electron chi connectivity index (χ4n) is 5.15. The van der Waals surface area contributed by atoms with Crippen LogP contribution in [0, 0.1) is 5.92 Å². The van der Waals surface area contributed by atoms with Crippen molar-refractivity contribution >= 4 is 17.6 Å². The summed E-state index contributed by atoms with van der Waals surface area (Å²) in [5.41, 5.74) is -1.93. The van der Waals surface area contributed by atoms with Crippen LogP contribution < -0.4 is 19.9 Å². The Morgan fingerprint density at radius 2 is 1.85 bits per heavy atom. The van der Waals surface area contributed by atoms with E-state index in [1.54, 1.807) is 19.1 Å². The minimum absolute atomic E-state index is 0.0458. The Bertz CT molecular complexity index is 1290. The molecule has 1 aliphatic carbocycles. The minimum atomic E-state index is -1.93. The number of aliphatic hydroxyl groups is 7. The van der Waals surface area contributed by atoms with Gasteiger partial charge in [-0.25, -0.2) is 0 Å². The number of benzene rings is 1. The average Bonchev–Trinajstić information content (AvgIpc) is 3.21. The van der Waals surface area contributed by atoms with Crippen LogP contribution in [0.2, 0.25) is 0 Å². The molecule has 14 heteroatoms. The number of hydrogen-bond acceptors (Lipinski definition) is 14. The lowest BCUT2D eigenvalue weighted by Crippen LogP contribution is -2.61. The van der Waals surface area contributed by atoms with Gasteiger partial charge in [-0.3, -0.25) is 4.79 Å². The van der Waals surface area contributed by atoms with Gasteiger partial charge >= 0.3 is 0 Å². The van der Waals surface area contributed by atoms with Gasteiger partial charge in [0, 0.05) is 12.1 Å². The zero-order chi connectivity index (χ0) is 28.9. The van der Waals surface area contributed by atoms with Crippen molar-refractivity contribution in [2.75, 3.05) is 26.9 Å². The monoisotopic (exact) mass is 568 g/mol. The van der Waals surface area contributed by atoms with Crippen molar-refractivity contribution < 1.29 is 69.0 Å². The highest BCUT2D eigenvalue weighted by molar-refractivity contribution is 5.99. The summed E-state index contributed by atoms with van der Waals surface area (Å²) in [5, 5.41) is 73.0. The van der Waals surface area contributed by atoms with E-state index in [1.807, 2.05) is 0 Å². The number of aliphatic hydroxyl groups excluding tert-OH is 6. The molecule has 5 rings (SSSR count). The molecule has 0 bridgehead atoms. The Labute approximate surface area is 227 Å². The van der Waals surface area contributed by atoms with Crippen molar-refractivity contribution in [1.29, 1.82) is 0 Å². The highest BCUT2D eigenvalue weighted by Gasteiger charge is 2.50. The fraction of sp³-hybridized carbons (Fsp3) is 0.577. The molecule has 10 atom stereocenters. The fourth-order valence-corrected chi connectivity index (χ4v) is 5.15. The largest absolute Gasteiger partial charge is 0.511 e. The Hall–Kier alpha value is -2.79. The number of carbonyl (C=O) groups is 1. The third-order valence-electron chi connectivity index (χ3n) is 7.46. The molecule has 3 aliphatic heterocycles. The van der Waals surface area contributed by atoms with E-state index in [1.165, 1.54) is 19.3 Å². The summed E-state index contributed by atoms with van der Waals surface area (Å²) in [6.45, 7) is -0.0304. The Balaban J connectivity index is 1.41. The Kier molecular flexibility index (Phi) is 7.82. The van der Waals surface area contributed by atoms with Crippen LogP contribution in [0.4, 0.5) is 0 Å². The van der Waals surface area contributed by atoms with Crippen LogP contribution in [0.1, 0.15) is 6.92 Å². The van der Waals surface area contributed by atoms with E-state index in [2.05, 4.69) is 0 Å². The molecule has 220 valence electrons. The highest BCUT2D eigenvalue weighted by atomic mass is 16.7. The van der Waals surface area contributed by atoms with Gasteiger partial charge in [-0.15, -0.1) is 0 Å². The summed E-state index contributed by atoms with van der Waals surface area (Å²) in [6.07, 6.45) is -8.89. The second kappa shape index (κ2) is 10.9. The Morgan fingerprint density at radius 1 is 1.10 bits per heavy atom. The smallest absolute Gasteiger partial charge is 0.229 e. The van der Waals surface area contributed by atoms with Crippen molar-refractivity contribution in [3.63, 3.8) is 0 Å². The molecule has 3 heterocycles. The van der Waals surface area contributed by atoms with E-state index >= 15 is 0 Å². The zero-order valence-electron chi connectivity index (χ0n) is 21.6. The molecular weight excluding hydrogens is 536 g/mol. The summed E-state index contributed by atoms with van der Waals surface area (Å²) in [7, 11) is 1.41. The van der Waals surface area contributed by atoms with E-state index in [-0.39, 0.29) is 22.5 Å². The quantitative estimate of drug-likeness (QED) is 0.169. The van der Waals surface area contributed by atoms with Crippen molar-refractivity contribution in [3.05, 3.63) is 34.4 Å². The topological polar surface area (TPSA) is 214 Å². The molecule has 7 N–H and O–H groups in total. The zero-order valence-corrected chi connectivity index (χ0v) is 21.6. The van der Waals surface area contributed by atoms with Gasteiger partial charge in [0.05, 0.1) is 37.9 Å². The standard InChI is InChI=1S/C26H32O14/c1-10-3-13(28)18-14(38-10)5-11-4-12(35-2)6-15(17(11)20(18)30)39-24-22(32)21(31)19(29)16(40-24)7-36-25-23(33)26(34,8-27)9-37-25/h3-6,14,16,18-19,21-25,27,29-34H,7-9H2,1-2H3/t14-,16+,18-,19+,21-,22+,23+,24+,25-,26+/m1/s1. The van der Waals surface area contributed by atoms with Gasteiger partial charge < -0.3 is 64.2 Å². The van der Waals surface area contributed by atoms with Crippen LogP contribution >= 0.6 is 0 Å². The van der Waals surface area contributed by atoms with E-state index in [4.69, 9.17) is 28.4 Å². The SMILES string of the molecule is COc1cc(O[C@H]2O[C@@H](CO[C@@H]3OC[C@@](O)(CO)[C@H]3O)[C@H](O)[C@@H](O)[C@@H]2O)c2c(c1)=C[C@H]1OC(C)=CC(=O)[C@H]1C=2O. The van der Waals surface area contributed by atoms with Crippen LogP contribution in [0.15, 0.2) is 24.0 Å². The van der Waals surface area contributed by atoms with Crippen LogP contribution in [0.25, 0.3) is 11.8 Å². The van der Waals surface area contributed by atoms with Crippen molar-refractivity contribution in [1.82, 2.24) is 0 Å². The second-order valence-electron chi connectivity index (χ2n) is 10.2. The molecule has 0 saturated carbocycles. The normalized spacial score (nSPS) is 39.0. The van der Waals surface area contributed by atoms with Gasteiger partial charge in [0.1, 0.15) is 65.4 Å². The maximum Gasteiger partial charge on any atom is 0.229 e. The molecule has 1 aromatic carbocycles. The summed E-state index contributed by atoms with van der Waals surface area (Å²) in [6, 6.07) is 3.00. The first-order valence-electron chi connectivity index (χ1n) is 12.6. The van der Waals surface area contributed by atoms with Crippen molar-refractivity contribution in [2.24, 2.45) is 5.92 Å². The molecule has 2 saturated heterocycles. The van der Waals surface area contributed by atoms with E-state index in [9.17, 15) is 40.5 Å². The molecule has 0 amide bonds. The maximum atomic E-state index is 12.7. The van der Waals surface area contributed by atoms with Crippen LogP contribution in [0.3, 0.4) is 0 Å². The molecule has 2 fully saturated rings. The summed E-state index contributed by atoms with van der Waals surface area (Å²) < 4.78 is 33.3. The lowest BCUT2D eigenvalue weighted by molar-refractivity contribution is -0.289. The van der Waals surface area contributed by atoms with Gasteiger partial charge in [0.2, 0.25) is 6.29 Å². The van der Waals surface area contributed by atoms with E-state index in [0.717, 1.165) is 0 Å². The molecule has 0 unspecified atom stereocenters. The van der Waals surface area contributed by atoms with Gasteiger partial charge in [-0.1, -0.05) is 0 Å². The third-order valence-corrected chi connectivity index (χ3v) is 7.46. The lowest BCUT2D eigenvalue weighted by atomic mass is 9.86. The second-order valence-corrected chi connectivity index (χ2v) is 10.2. The van der Waals surface area contributed by atoms with E-state index in [0.29, 0.717) is 16.7 Å². The number of rotatable bonds is 7. The van der Waals surface area contributed by atoms with Crippen molar-refractivity contribution in [2.45, 2.75) is 61.7 Å². The average molecular weight is 569 g/mol. The third kappa shape index (κ3) is 4.95. The number of hydrogen-bond donors (Lipinski definition) is 7. The molecular formula is C26H32O14. The molecule has 14 nitrogen and oxygen atoms in total. The first kappa shape index (κ1) is 28.7. The van der Waals surface area contributed by atoms with E-state index < -0.39 is 80.5 Å². The predicted molar refractivity (Wildman–Crippen MR) is 131 cm³/mol. The van der Waals surface area contributed by atoms with Crippen LogP contribution in [0.5, 0.6) is 11.5 Å². The number of allylic oxidation sites excluding steroid dienone is 2. The van der Waals surface area contributed by atoms with Gasteiger partial charge in [0.15, 0.2) is 12.1 Å². The van der Waals surface area contributed by atoms with Gasteiger partial charge in [-0.2, -0.15) is 0 Å². The number of methoxy groups -OCH3 is 1. The molecule has 0 aromatic heterocycles. The predicted octanol–water partition coefficient (Wildman–Crippen LogP) is -3.71. The molecule has 4 aliphatic rings. The van der Waals surface area contributed by atoms with Gasteiger partial charge in [0.25, 0.3) is 0 Å². The van der Waals surface area contributed by atoms with Crippen LogP contribution in [-0.2, 0) is 23.7 Å². The first-order chi connectivity index (χ1) is 19.0. The molecule has 0 radical (unpaired) electrons. The maximum absolute atomic E-state index is 12.7. The summed E-state index contributed by atoms with van der Waals surface area (Å²) >= 11 is 0. The number of carbonyl (C=O) groups excluding carboxylic acids is 1. The van der Waals surface area contributed by atoms with Crippen LogP contribution in [-0.4, -0.2) is 123 Å². The number of fused-ring (bicyclic) bond motifs is 2. The first-order valence-corrected chi connectivity index (χ1v) is 12.6. The lowest BCUT2D eigenvalue weighted by Gasteiger charge is -2.40. The minimum Gasteiger partial charge on any atom is -0.511 e. The summed E-state index contributed by atoms with van der Waals surface area (Å²) in [4.78, 5) is 12.7. The number of ketones is 1. The number of ether oxygens (including phenoxy) is 6. The van der Waals surface area contributed by atoms with Gasteiger partial charge in [-0.05, 0) is 24.3 Å². The molecule has 0 spiro atoms. The highest BCUT2D eigenvalue weighted by Crippen LogP contribution is 2.31. The summed E-state index contributed by atoms with van der Waals surface area (Å²) in [5.74, 6) is -1.08. The molecule has 1 aromatic rings. The molecule has 40 heavy (non-hydrogen) atoms. The van der Waals surface area contributed by atoms with Crippen molar-refractivity contribution in [3.8, 4) is 11.5 Å².